The average Bonchev–Trinajstić information content (AvgIpc) is 2.87. The Morgan fingerprint density at radius 3 is 2.37 bits per heavy atom. The van der Waals surface area contributed by atoms with Crippen LogP contribution in [0.15, 0.2) is 48.6 Å². The number of nitrogens with one attached hydrogen (secondary N) is 1. The van der Waals surface area contributed by atoms with Gasteiger partial charge in [0.1, 0.15) is 0 Å². The van der Waals surface area contributed by atoms with Crippen molar-refractivity contribution in [1.82, 2.24) is 4.90 Å². The van der Waals surface area contributed by atoms with Gasteiger partial charge in [0, 0.05) is 30.3 Å². The van der Waals surface area contributed by atoms with Crippen molar-refractivity contribution in [3.63, 3.8) is 0 Å². The van der Waals surface area contributed by atoms with Gasteiger partial charge in [-0.3, -0.25) is 4.90 Å². The van der Waals surface area contributed by atoms with Crippen LogP contribution in [-0.2, 0) is 41.3 Å². The van der Waals surface area contributed by atoms with E-state index in [-0.39, 0.29) is 24.1 Å². The van der Waals surface area contributed by atoms with Crippen molar-refractivity contribution >= 4 is 11.7 Å². The van der Waals surface area contributed by atoms with Gasteiger partial charge in [0.05, 0.1) is 18.2 Å². The number of benzene rings is 2. The summed E-state index contributed by atoms with van der Waals surface area (Å²) in [5, 5.41) is 3.60. The van der Waals surface area contributed by atoms with Gasteiger partial charge in [-0.25, -0.2) is 4.79 Å². The lowest BCUT2D eigenvalue weighted by molar-refractivity contribution is -0.142. The van der Waals surface area contributed by atoms with Crippen LogP contribution in [0.1, 0.15) is 47.1 Å². The molecule has 206 valence electrons. The van der Waals surface area contributed by atoms with Gasteiger partial charge < -0.3 is 10.1 Å². The van der Waals surface area contributed by atoms with E-state index >= 15 is 0 Å². The monoisotopic (exact) mass is 540 g/mol. The lowest BCUT2D eigenvalue weighted by atomic mass is 9.83. The van der Waals surface area contributed by atoms with Gasteiger partial charge in [0.25, 0.3) is 0 Å². The number of fused-ring (bicyclic) bond motifs is 1. The second-order valence-electron chi connectivity index (χ2n) is 10.0. The van der Waals surface area contributed by atoms with Crippen LogP contribution in [0.5, 0.6) is 0 Å². The fraction of sp³-hybridized carbons (Fsp3) is 0.464. The molecule has 1 unspecified atom stereocenters. The summed E-state index contributed by atoms with van der Waals surface area (Å²) in [5.41, 5.74) is 1.02. The molecule has 4 rings (SSSR count). The van der Waals surface area contributed by atoms with Crippen molar-refractivity contribution in [2.45, 2.75) is 57.0 Å². The molecular formula is C28H30F6N2O2. The molecule has 2 aromatic carbocycles. The van der Waals surface area contributed by atoms with Gasteiger partial charge in [-0.2, -0.15) is 26.3 Å². The van der Waals surface area contributed by atoms with Crippen molar-refractivity contribution in [1.29, 1.82) is 0 Å². The highest BCUT2D eigenvalue weighted by atomic mass is 19.4. The zero-order valence-electron chi connectivity index (χ0n) is 21.0. The first-order valence-corrected chi connectivity index (χ1v) is 12.5. The van der Waals surface area contributed by atoms with Crippen LogP contribution in [0.25, 0.3) is 0 Å². The number of nitrogens with zero attached hydrogens (tertiary/aromatic N) is 1. The highest BCUT2D eigenvalue weighted by molar-refractivity contribution is 5.88. The predicted molar refractivity (Wildman–Crippen MR) is 131 cm³/mol. The van der Waals surface area contributed by atoms with Gasteiger partial charge in [0.15, 0.2) is 0 Å². The molecule has 10 heteroatoms. The zero-order valence-corrected chi connectivity index (χ0v) is 21.0. The number of anilines is 1. The van der Waals surface area contributed by atoms with Crippen molar-refractivity contribution in [2.24, 2.45) is 5.92 Å². The van der Waals surface area contributed by atoms with Gasteiger partial charge in [0.2, 0.25) is 0 Å². The summed E-state index contributed by atoms with van der Waals surface area (Å²) >= 11 is 0. The fourth-order valence-corrected chi connectivity index (χ4v) is 5.42. The molecular weight excluding hydrogens is 510 g/mol. The summed E-state index contributed by atoms with van der Waals surface area (Å²) in [6.45, 7) is 4.60. The molecule has 1 N–H and O–H groups in total. The molecule has 1 saturated heterocycles. The number of halogens is 6. The topological polar surface area (TPSA) is 41.6 Å². The maximum Gasteiger partial charge on any atom is 0.416 e. The van der Waals surface area contributed by atoms with Gasteiger partial charge in [-0.15, -0.1) is 0 Å². The number of aryl methyl sites for hydroxylation is 1. The van der Waals surface area contributed by atoms with Crippen LogP contribution in [0.4, 0.5) is 32.0 Å². The number of alkyl halides is 6. The van der Waals surface area contributed by atoms with E-state index < -0.39 is 29.4 Å². The Labute approximate surface area is 217 Å². The summed E-state index contributed by atoms with van der Waals surface area (Å²) in [6, 6.07) is 7.84. The Morgan fingerprint density at radius 2 is 1.74 bits per heavy atom. The molecule has 1 fully saturated rings. The van der Waals surface area contributed by atoms with Crippen LogP contribution >= 0.6 is 0 Å². The number of rotatable bonds is 6. The lowest BCUT2D eigenvalue weighted by Gasteiger charge is -2.39. The Bertz CT molecular complexity index is 1180. The number of ether oxygens (including phenoxy) is 1. The van der Waals surface area contributed by atoms with E-state index in [4.69, 9.17) is 4.74 Å². The van der Waals surface area contributed by atoms with Gasteiger partial charge >= 0.3 is 18.3 Å². The molecule has 38 heavy (non-hydrogen) atoms. The summed E-state index contributed by atoms with van der Waals surface area (Å²) in [4.78, 5) is 13.5. The van der Waals surface area contributed by atoms with E-state index in [1.165, 1.54) is 12.7 Å². The number of carbonyl (C=O) groups is 1. The van der Waals surface area contributed by atoms with E-state index in [0.29, 0.717) is 43.3 Å². The molecule has 2 heterocycles. The first-order valence-electron chi connectivity index (χ1n) is 12.5. The van der Waals surface area contributed by atoms with Crippen LogP contribution in [0, 0.1) is 5.92 Å². The van der Waals surface area contributed by atoms with E-state index in [0.717, 1.165) is 36.9 Å². The lowest BCUT2D eigenvalue weighted by Crippen LogP contribution is -2.41. The van der Waals surface area contributed by atoms with Crippen molar-refractivity contribution in [2.75, 3.05) is 25.5 Å². The number of hydrogen-bond acceptors (Lipinski definition) is 4. The summed E-state index contributed by atoms with van der Waals surface area (Å²) in [7, 11) is 1.31. The Morgan fingerprint density at radius 1 is 1.03 bits per heavy atom. The van der Waals surface area contributed by atoms with Crippen molar-refractivity contribution in [3.8, 4) is 0 Å². The minimum Gasteiger partial charge on any atom is -0.466 e. The first-order chi connectivity index (χ1) is 17.8. The summed E-state index contributed by atoms with van der Waals surface area (Å²) in [5.74, 6) is -0.163. The predicted octanol–water partition coefficient (Wildman–Crippen LogP) is 6.63. The Kier molecular flexibility index (Phi) is 8.11. The second-order valence-corrected chi connectivity index (χ2v) is 10.0. The van der Waals surface area contributed by atoms with Crippen molar-refractivity contribution in [3.05, 3.63) is 76.4 Å². The minimum absolute atomic E-state index is 0.181. The fourth-order valence-electron chi connectivity index (χ4n) is 5.42. The Balaban J connectivity index is 1.39. The number of methoxy groups -OCH3 is 1. The first kappa shape index (κ1) is 28.0. The highest BCUT2D eigenvalue weighted by Gasteiger charge is 2.38. The van der Waals surface area contributed by atoms with E-state index in [9.17, 15) is 31.1 Å². The summed E-state index contributed by atoms with van der Waals surface area (Å²) in [6.07, 6.45) is -5.80. The standard InChI is InChI=1S/C28H30F6N2O2/c1-17(26(37)38-2)13-18-3-4-19-5-8-24(35-25(19)14-18)20-9-11-36(12-10-20)16-21-15-22(27(29,30)31)6-7-23(21)28(32,33)34/h3-4,6-7,14-15,20,24,35H,1,5,8-13,16H2,2H3. The molecule has 0 bridgehead atoms. The molecule has 1 atom stereocenters. The molecule has 0 spiro atoms. The normalized spacial score (nSPS) is 19.0. The molecule has 0 radical (unpaired) electrons. The number of piperidine rings is 1. The van der Waals surface area contributed by atoms with Crippen LogP contribution < -0.4 is 5.32 Å². The molecule has 0 amide bonds. The number of likely N-dealkylation sites (tertiary alicyclic amines) is 1. The molecule has 2 aromatic rings. The van der Waals surface area contributed by atoms with Gasteiger partial charge in [-0.05, 0) is 85.6 Å². The second kappa shape index (κ2) is 11.0. The van der Waals surface area contributed by atoms with Crippen LogP contribution in [0.2, 0.25) is 0 Å². The number of esters is 1. The molecule has 2 aliphatic rings. The summed E-state index contributed by atoms with van der Waals surface area (Å²) < 4.78 is 84.6. The molecule has 4 nitrogen and oxygen atoms in total. The number of hydrogen-bond donors (Lipinski definition) is 1. The average molecular weight is 541 g/mol. The van der Waals surface area contributed by atoms with Crippen LogP contribution in [-0.4, -0.2) is 37.1 Å². The van der Waals surface area contributed by atoms with E-state index in [1.807, 2.05) is 18.2 Å². The number of carbonyl (C=O) groups excluding carboxylic acids is 1. The van der Waals surface area contributed by atoms with E-state index in [1.54, 1.807) is 4.90 Å². The molecule has 2 aliphatic heterocycles. The zero-order chi connectivity index (χ0) is 27.7. The molecule has 0 aromatic heterocycles. The Hall–Kier alpha value is -3.01. The highest BCUT2D eigenvalue weighted by Crippen LogP contribution is 2.38. The largest absolute Gasteiger partial charge is 0.466 e. The SMILES string of the molecule is C=C(Cc1ccc2c(c1)NC(C1CCN(Cc3cc(C(F)(F)F)ccc3C(F)(F)F)CC1)CC2)C(=O)OC. The van der Waals surface area contributed by atoms with Gasteiger partial charge in [-0.1, -0.05) is 18.7 Å². The minimum atomic E-state index is -4.72. The molecule has 0 saturated carbocycles. The maximum absolute atomic E-state index is 13.5. The van der Waals surface area contributed by atoms with Crippen LogP contribution in [0.3, 0.4) is 0 Å². The third-order valence-electron chi connectivity index (χ3n) is 7.46. The maximum atomic E-state index is 13.5. The third kappa shape index (κ3) is 6.51. The van der Waals surface area contributed by atoms with Crippen molar-refractivity contribution < 1.29 is 35.9 Å². The van der Waals surface area contributed by atoms with E-state index in [2.05, 4.69) is 11.9 Å². The molecule has 0 aliphatic carbocycles. The third-order valence-corrected chi connectivity index (χ3v) is 7.46. The smallest absolute Gasteiger partial charge is 0.416 e. The quantitative estimate of drug-likeness (QED) is 0.254.